The highest BCUT2D eigenvalue weighted by molar-refractivity contribution is 5.94. The number of aromatic nitrogens is 1. The summed E-state index contributed by atoms with van der Waals surface area (Å²) in [4.78, 5) is 16.7. The Hall–Kier alpha value is -1.59. The van der Waals surface area contributed by atoms with Crippen molar-refractivity contribution in [3.8, 4) is 0 Å². The lowest BCUT2D eigenvalue weighted by Crippen LogP contribution is -2.28. The van der Waals surface area contributed by atoms with Gasteiger partial charge in [-0.3, -0.25) is 9.69 Å². The minimum Gasteiger partial charge on any atom is -0.296 e. The van der Waals surface area contributed by atoms with Crippen molar-refractivity contribution in [3.63, 3.8) is 0 Å². The van der Waals surface area contributed by atoms with E-state index < -0.39 is 11.7 Å². The van der Waals surface area contributed by atoms with Crippen molar-refractivity contribution in [2.75, 3.05) is 11.4 Å². The third-order valence-electron chi connectivity index (χ3n) is 2.73. The smallest absolute Gasteiger partial charge is 0.296 e. The molecule has 0 bridgehead atoms. The maximum Gasteiger partial charge on any atom is 0.417 e. The van der Waals surface area contributed by atoms with Crippen LogP contribution in [0.2, 0.25) is 0 Å². The Bertz CT molecular complexity index is 457. The van der Waals surface area contributed by atoms with Crippen LogP contribution in [-0.4, -0.2) is 17.4 Å². The number of rotatable bonds is 1. The molecule has 6 heteroatoms. The fraction of sp³-hybridized carbons (Fsp3) is 0.455. The summed E-state index contributed by atoms with van der Waals surface area (Å²) in [7, 11) is 0. The molecule has 0 atom stereocenters. The zero-order chi connectivity index (χ0) is 12.6. The molecular formula is C11H11F3N2O. The van der Waals surface area contributed by atoms with Crippen LogP contribution in [-0.2, 0) is 17.4 Å². The molecule has 0 fully saturated rings. The number of fused-ring (bicyclic) bond motifs is 1. The molecule has 2 rings (SSSR count). The van der Waals surface area contributed by atoms with Crippen LogP contribution in [0.4, 0.5) is 19.0 Å². The fourth-order valence-corrected chi connectivity index (χ4v) is 1.86. The summed E-state index contributed by atoms with van der Waals surface area (Å²) in [5, 5.41) is 0. The largest absolute Gasteiger partial charge is 0.417 e. The van der Waals surface area contributed by atoms with Crippen LogP contribution in [0.15, 0.2) is 12.3 Å². The van der Waals surface area contributed by atoms with E-state index >= 15 is 0 Å². The average molecular weight is 244 g/mol. The van der Waals surface area contributed by atoms with E-state index in [2.05, 4.69) is 4.98 Å². The van der Waals surface area contributed by atoms with E-state index in [-0.39, 0.29) is 5.91 Å². The molecule has 0 unspecified atom stereocenters. The molecule has 3 nitrogen and oxygen atoms in total. The van der Waals surface area contributed by atoms with Gasteiger partial charge in [0.15, 0.2) is 0 Å². The van der Waals surface area contributed by atoms with Gasteiger partial charge in [0.25, 0.3) is 0 Å². The van der Waals surface area contributed by atoms with Crippen molar-refractivity contribution in [1.82, 2.24) is 4.98 Å². The molecule has 2 heterocycles. The number of amides is 1. The number of anilines is 1. The van der Waals surface area contributed by atoms with Crippen molar-refractivity contribution in [2.45, 2.75) is 25.9 Å². The van der Waals surface area contributed by atoms with Crippen LogP contribution >= 0.6 is 0 Å². The van der Waals surface area contributed by atoms with Gasteiger partial charge in [-0.15, -0.1) is 0 Å². The molecule has 0 spiro atoms. The first-order chi connectivity index (χ1) is 7.93. The number of hydrogen-bond acceptors (Lipinski definition) is 2. The van der Waals surface area contributed by atoms with Crippen LogP contribution in [0.1, 0.15) is 24.5 Å². The summed E-state index contributed by atoms with van der Waals surface area (Å²) in [5.41, 5.74) is -0.274. The maximum atomic E-state index is 12.5. The van der Waals surface area contributed by atoms with Crippen molar-refractivity contribution >= 4 is 11.7 Å². The Morgan fingerprint density at radius 1 is 1.53 bits per heavy atom. The number of halogens is 3. The molecule has 0 aromatic carbocycles. The normalized spacial score (nSPS) is 14.9. The second kappa shape index (κ2) is 4.01. The first-order valence-corrected chi connectivity index (χ1v) is 5.30. The second-order valence-electron chi connectivity index (χ2n) is 3.85. The summed E-state index contributed by atoms with van der Waals surface area (Å²) < 4.78 is 37.4. The summed E-state index contributed by atoms with van der Waals surface area (Å²) in [6.45, 7) is 2.13. The van der Waals surface area contributed by atoms with Gasteiger partial charge in [-0.05, 0) is 18.1 Å². The van der Waals surface area contributed by atoms with Gasteiger partial charge >= 0.3 is 6.18 Å². The van der Waals surface area contributed by atoms with E-state index in [9.17, 15) is 18.0 Å². The minimum absolute atomic E-state index is 0.115. The van der Waals surface area contributed by atoms with Gasteiger partial charge in [-0.25, -0.2) is 4.98 Å². The van der Waals surface area contributed by atoms with Gasteiger partial charge in [0.05, 0.1) is 5.56 Å². The maximum absolute atomic E-state index is 12.5. The Morgan fingerprint density at radius 3 is 2.82 bits per heavy atom. The van der Waals surface area contributed by atoms with Crippen molar-refractivity contribution in [1.29, 1.82) is 0 Å². The molecule has 0 N–H and O–H groups in total. The standard InChI is InChI=1S/C11H11F3N2O/c1-2-9(17)16-4-3-7-5-8(11(12,13)14)6-15-10(7)16/h5-6H,2-4H2,1H3. The predicted molar refractivity (Wildman–Crippen MR) is 55.6 cm³/mol. The lowest BCUT2D eigenvalue weighted by molar-refractivity contribution is -0.137. The average Bonchev–Trinajstić information content (AvgIpc) is 2.69. The Morgan fingerprint density at radius 2 is 2.24 bits per heavy atom. The zero-order valence-corrected chi connectivity index (χ0v) is 9.21. The number of pyridine rings is 1. The Balaban J connectivity index is 2.35. The molecule has 17 heavy (non-hydrogen) atoms. The van der Waals surface area contributed by atoms with Crippen LogP contribution in [0, 0.1) is 0 Å². The monoisotopic (exact) mass is 244 g/mol. The van der Waals surface area contributed by atoms with Gasteiger partial charge < -0.3 is 0 Å². The first-order valence-electron chi connectivity index (χ1n) is 5.30. The molecule has 92 valence electrons. The Kier molecular flexibility index (Phi) is 2.81. The molecule has 1 aromatic rings. The molecule has 0 saturated heterocycles. The summed E-state index contributed by atoms with van der Waals surface area (Å²) in [6.07, 6.45) is -2.86. The van der Waals surface area contributed by atoms with Crippen LogP contribution in [0.25, 0.3) is 0 Å². The van der Waals surface area contributed by atoms with Crippen molar-refractivity contribution in [3.05, 3.63) is 23.4 Å². The number of nitrogens with zero attached hydrogens (tertiary/aromatic N) is 2. The molecule has 0 radical (unpaired) electrons. The first kappa shape index (κ1) is 11.9. The molecule has 0 aliphatic carbocycles. The number of hydrogen-bond donors (Lipinski definition) is 0. The lowest BCUT2D eigenvalue weighted by atomic mass is 10.1. The molecule has 1 aliphatic rings. The number of carbonyl (C=O) groups excluding carboxylic acids is 1. The van der Waals surface area contributed by atoms with Crippen molar-refractivity contribution in [2.24, 2.45) is 0 Å². The molecule has 0 saturated carbocycles. The number of carbonyl (C=O) groups is 1. The van der Waals surface area contributed by atoms with E-state index in [0.29, 0.717) is 30.8 Å². The summed E-state index contributed by atoms with van der Waals surface area (Å²) in [6, 6.07) is 1.07. The van der Waals surface area contributed by atoms with Crippen LogP contribution in [0.5, 0.6) is 0 Å². The van der Waals surface area contributed by atoms with E-state index in [4.69, 9.17) is 0 Å². The highest BCUT2D eigenvalue weighted by atomic mass is 19.4. The highest BCUT2D eigenvalue weighted by Gasteiger charge is 2.34. The SMILES string of the molecule is CCC(=O)N1CCc2cc(C(F)(F)F)cnc21. The highest BCUT2D eigenvalue weighted by Crippen LogP contribution is 2.33. The van der Waals surface area contributed by atoms with Gasteiger partial charge in [0, 0.05) is 19.2 Å². The number of alkyl halides is 3. The molecular weight excluding hydrogens is 233 g/mol. The molecule has 1 aliphatic heterocycles. The quantitative estimate of drug-likeness (QED) is 0.760. The van der Waals surface area contributed by atoms with Crippen LogP contribution < -0.4 is 4.90 Å². The van der Waals surface area contributed by atoms with Gasteiger partial charge in [-0.2, -0.15) is 13.2 Å². The lowest BCUT2D eigenvalue weighted by Gasteiger charge is -2.15. The fourth-order valence-electron chi connectivity index (χ4n) is 1.86. The van der Waals surface area contributed by atoms with Gasteiger partial charge in [0.2, 0.25) is 5.91 Å². The molecule has 1 amide bonds. The van der Waals surface area contributed by atoms with Crippen molar-refractivity contribution < 1.29 is 18.0 Å². The van der Waals surface area contributed by atoms with Gasteiger partial charge in [-0.1, -0.05) is 6.92 Å². The third kappa shape index (κ3) is 2.11. The van der Waals surface area contributed by atoms with E-state index in [1.54, 1.807) is 6.92 Å². The van der Waals surface area contributed by atoms with E-state index in [0.717, 1.165) is 12.3 Å². The third-order valence-corrected chi connectivity index (χ3v) is 2.73. The summed E-state index contributed by atoms with van der Waals surface area (Å²) in [5.74, 6) is 0.251. The topological polar surface area (TPSA) is 33.2 Å². The van der Waals surface area contributed by atoms with Gasteiger partial charge in [0.1, 0.15) is 5.82 Å². The minimum atomic E-state index is -4.38. The Labute approximate surface area is 96.3 Å². The van der Waals surface area contributed by atoms with E-state index in [1.165, 1.54) is 4.90 Å². The summed E-state index contributed by atoms with van der Waals surface area (Å²) >= 11 is 0. The second-order valence-corrected chi connectivity index (χ2v) is 3.85. The molecule has 1 aromatic heterocycles. The zero-order valence-electron chi connectivity index (χ0n) is 9.21. The predicted octanol–water partition coefficient (Wildman–Crippen LogP) is 2.40. The van der Waals surface area contributed by atoms with E-state index in [1.807, 2.05) is 0 Å². The van der Waals surface area contributed by atoms with Crippen LogP contribution in [0.3, 0.4) is 0 Å².